The Balaban J connectivity index is 1.49. The quantitative estimate of drug-likeness (QED) is 0.548. The highest BCUT2D eigenvalue weighted by molar-refractivity contribution is 7.90. The first-order valence-corrected chi connectivity index (χ1v) is 13.3. The number of sulfonamides is 1. The summed E-state index contributed by atoms with van der Waals surface area (Å²) >= 11 is 0. The van der Waals surface area contributed by atoms with Crippen LogP contribution in [-0.2, 0) is 10.0 Å². The topological polar surface area (TPSA) is 71.4 Å². The van der Waals surface area contributed by atoms with Crippen LogP contribution in [-0.4, -0.2) is 48.7 Å². The van der Waals surface area contributed by atoms with Crippen molar-refractivity contribution in [3.05, 3.63) is 65.9 Å². The van der Waals surface area contributed by atoms with E-state index < -0.39 is 15.3 Å². The number of likely N-dealkylation sites (tertiary alicyclic amines) is 1. The number of carbonyl (C=O) groups is 1. The van der Waals surface area contributed by atoms with E-state index >= 15 is 0 Å². The van der Waals surface area contributed by atoms with Gasteiger partial charge in [0, 0.05) is 42.5 Å². The fourth-order valence-corrected chi connectivity index (χ4v) is 5.09. The van der Waals surface area contributed by atoms with Gasteiger partial charge in [0.2, 0.25) is 10.0 Å². The molecule has 0 bridgehead atoms. The lowest BCUT2D eigenvalue weighted by Gasteiger charge is -2.26. The zero-order valence-corrected chi connectivity index (χ0v) is 20.4. The third-order valence-electron chi connectivity index (χ3n) is 6.53. The number of hydrogen-bond donors (Lipinski definition) is 1. The third kappa shape index (κ3) is 5.14. The Morgan fingerprint density at radius 2 is 1.67 bits per heavy atom. The van der Waals surface area contributed by atoms with Crippen LogP contribution in [0.3, 0.4) is 0 Å². The van der Waals surface area contributed by atoms with Crippen molar-refractivity contribution >= 4 is 26.8 Å². The van der Waals surface area contributed by atoms with E-state index in [1.165, 1.54) is 6.42 Å². The molecule has 2 aromatic carbocycles. The lowest BCUT2D eigenvalue weighted by Crippen LogP contribution is -2.35. The van der Waals surface area contributed by atoms with Gasteiger partial charge in [0.25, 0.3) is 5.91 Å². The van der Waals surface area contributed by atoms with Gasteiger partial charge in [0.05, 0.1) is 10.8 Å². The molecular weight excluding hydrogens is 434 g/mol. The second kappa shape index (κ2) is 9.69. The number of hydrogen-bond acceptors (Lipinski definition) is 3. The Kier molecular flexibility index (Phi) is 6.91. The summed E-state index contributed by atoms with van der Waals surface area (Å²) < 4.78 is 28.8. The van der Waals surface area contributed by atoms with Crippen molar-refractivity contribution in [3.8, 4) is 5.69 Å². The van der Waals surface area contributed by atoms with Crippen molar-refractivity contribution in [2.75, 3.05) is 19.6 Å². The Labute approximate surface area is 196 Å². The molecule has 4 rings (SSSR count). The number of nitrogens with zero attached hydrogens (tertiary/aromatic N) is 2. The van der Waals surface area contributed by atoms with Gasteiger partial charge in [-0.1, -0.05) is 19.1 Å². The molecule has 0 aliphatic carbocycles. The fourth-order valence-electron chi connectivity index (χ4n) is 4.27. The molecule has 1 aromatic heterocycles. The summed E-state index contributed by atoms with van der Waals surface area (Å²) in [6.07, 6.45) is 5.40. The van der Waals surface area contributed by atoms with Crippen LogP contribution in [0.1, 0.15) is 61.9 Å². The molecule has 1 N–H and O–H groups in total. The standard InChI is InChI=1S/C26H33N3O3S/c1-19(2)33(31,32)27-18-20(3)21-7-10-24(11-8-21)29-16-13-22-17-23(9-12-25(22)29)26(30)28-14-5-4-6-15-28/h7-13,16-17,19-20,27H,4-6,14-15,18H2,1-3H3. The van der Waals surface area contributed by atoms with Gasteiger partial charge in [-0.05, 0) is 81.0 Å². The molecule has 0 spiro atoms. The summed E-state index contributed by atoms with van der Waals surface area (Å²) in [5, 5.41) is 0.600. The highest BCUT2D eigenvalue weighted by atomic mass is 32.2. The first-order valence-electron chi connectivity index (χ1n) is 11.8. The average Bonchev–Trinajstić information content (AvgIpc) is 3.26. The van der Waals surface area contributed by atoms with Crippen molar-refractivity contribution in [1.82, 2.24) is 14.2 Å². The van der Waals surface area contributed by atoms with Crippen LogP contribution in [0.4, 0.5) is 0 Å². The average molecular weight is 468 g/mol. The summed E-state index contributed by atoms with van der Waals surface area (Å²) in [7, 11) is -3.27. The maximum atomic E-state index is 12.9. The molecule has 1 fully saturated rings. The van der Waals surface area contributed by atoms with Crippen molar-refractivity contribution in [2.24, 2.45) is 0 Å². The van der Waals surface area contributed by atoms with Crippen LogP contribution in [0, 0.1) is 0 Å². The van der Waals surface area contributed by atoms with Gasteiger partial charge >= 0.3 is 0 Å². The molecule has 1 aliphatic rings. The summed E-state index contributed by atoms with van der Waals surface area (Å²) in [5.41, 5.74) is 3.90. The van der Waals surface area contributed by atoms with E-state index in [1.54, 1.807) is 13.8 Å². The first kappa shape index (κ1) is 23.5. The Hall–Kier alpha value is -2.64. The minimum atomic E-state index is -3.27. The molecule has 1 saturated heterocycles. The number of aromatic nitrogens is 1. The molecule has 1 unspecified atom stereocenters. The summed E-state index contributed by atoms with van der Waals surface area (Å²) in [6, 6.07) is 16.2. The van der Waals surface area contributed by atoms with Gasteiger partial charge in [-0.25, -0.2) is 13.1 Å². The summed E-state index contributed by atoms with van der Waals surface area (Å²) in [6.45, 7) is 7.44. The van der Waals surface area contributed by atoms with Gasteiger partial charge in [-0.15, -0.1) is 0 Å². The van der Waals surface area contributed by atoms with Gasteiger partial charge < -0.3 is 9.47 Å². The minimum absolute atomic E-state index is 0.0670. The number of piperidine rings is 1. The van der Waals surface area contributed by atoms with Crippen LogP contribution in [0.2, 0.25) is 0 Å². The number of carbonyl (C=O) groups excluding carboxylic acids is 1. The maximum absolute atomic E-state index is 12.9. The van der Waals surface area contributed by atoms with Crippen LogP contribution < -0.4 is 4.72 Å². The zero-order chi connectivity index (χ0) is 23.6. The van der Waals surface area contributed by atoms with E-state index in [-0.39, 0.29) is 11.8 Å². The van der Waals surface area contributed by atoms with Crippen molar-refractivity contribution < 1.29 is 13.2 Å². The number of amides is 1. The lowest BCUT2D eigenvalue weighted by molar-refractivity contribution is 0.0724. The van der Waals surface area contributed by atoms with Gasteiger partial charge in [-0.3, -0.25) is 4.79 Å². The van der Waals surface area contributed by atoms with Crippen LogP contribution in [0.5, 0.6) is 0 Å². The van der Waals surface area contributed by atoms with E-state index in [2.05, 4.69) is 21.4 Å². The van der Waals surface area contributed by atoms with E-state index in [0.717, 1.165) is 53.6 Å². The predicted molar refractivity (Wildman–Crippen MR) is 134 cm³/mol. The lowest BCUT2D eigenvalue weighted by atomic mass is 10.0. The van der Waals surface area contributed by atoms with E-state index in [4.69, 9.17) is 0 Å². The van der Waals surface area contributed by atoms with Crippen LogP contribution >= 0.6 is 0 Å². The smallest absolute Gasteiger partial charge is 0.253 e. The highest BCUT2D eigenvalue weighted by Gasteiger charge is 2.19. The van der Waals surface area contributed by atoms with Crippen molar-refractivity contribution in [1.29, 1.82) is 0 Å². The first-order chi connectivity index (χ1) is 15.8. The molecule has 2 heterocycles. The Morgan fingerprint density at radius 3 is 2.33 bits per heavy atom. The fraction of sp³-hybridized carbons (Fsp3) is 0.423. The molecule has 7 heteroatoms. The maximum Gasteiger partial charge on any atom is 0.253 e. The summed E-state index contributed by atoms with van der Waals surface area (Å²) in [5.74, 6) is 0.188. The van der Waals surface area contributed by atoms with E-state index in [9.17, 15) is 13.2 Å². The number of benzene rings is 2. The second-order valence-corrected chi connectivity index (χ2v) is 11.6. The molecular formula is C26H33N3O3S. The molecule has 0 radical (unpaired) electrons. The zero-order valence-electron chi connectivity index (χ0n) is 19.6. The monoisotopic (exact) mass is 467 g/mol. The normalized spacial score (nSPS) is 15.8. The number of fused-ring (bicyclic) bond motifs is 1. The van der Waals surface area contributed by atoms with Crippen molar-refractivity contribution in [3.63, 3.8) is 0 Å². The van der Waals surface area contributed by atoms with E-state index in [0.29, 0.717) is 6.54 Å². The Bertz CT molecular complexity index is 1220. The largest absolute Gasteiger partial charge is 0.339 e. The summed E-state index contributed by atoms with van der Waals surface area (Å²) in [4.78, 5) is 14.8. The highest BCUT2D eigenvalue weighted by Crippen LogP contribution is 2.25. The molecule has 1 atom stereocenters. The number of rotatable bonds is 7. The van der Waals surface area contributed by atoms with E-state index in [1.807, 2.05) is 54.4 Å². The third-order valence-corrected chi connectivity index (χ3v) is 8.34. The molecule has 1 amide bonds. The Morgan fingerprint density at radius 1 is 0.970 bits per heavy atom. The molecule has 3 aromatic rings. The molecule has 33 heavy (non-hydrogen) atoms. The van der Waals surface area contributed by atoms with Crippen LogP contribution in [0.25, 0.3) is 16.6 Å². The molecule has 0 saturated carbocycles. The van der Waals surface area contributed by atoms with Gasteiger partial charge in [0.15, 0.2) is 0 Å². The molecule has 6 nitrogen and oxygen atoms in total. The van der Waals surface area contributed by atoms with Crippen LogP contribution in [0.15, 0.2) is 54.7 Å². The minimum Gasteiger partial charge on any atom is -0.339 e. The number of nitrogens with one attached hydrogen (secondary N) is 1. The second-order valence-electron chi connectivity index (χ2n) is 9.25. The molecule has 1 aliphatic heterocycles. The predicted octanol–water partition coefficient (Wildman–Crippen LogP) is 4.69. The SMILES string of the molecule is CC(CNS(=O)(=O)C(C)C)c1ccc(-n2ccc3cc(C(=O)N4CCCCC4)ccc32)cc1. The van der Waals surface area contributed by atoms with Gasteiger partial charge in [-0.2, -0.15) is 0 Å². The van der Waals surface area contributed by atoms with Gasteiger partial charge in [0.1, 0.15) is 0 Å². The molecule has 176 valence electrons. The van der Waals surface area contributed by atoms with Crippen molar-refractivity contribution in [2.45, 2.75) is 51.2 Å².